The van der Waals surface area contributed by atoms with Crippen LogP contribution in [0.2, 0.25) is 0 Å². The van der Waals surface area contributed by atoms with Crippen molar-refractivity contribution in [2.75, 3.05) is 41.0 Å². The molecule has 2 rings (SSSR count). The number of ether oxygens (including phenoxy) is 2. The summed E-state index contributed by atoms with van der Waals surface area (Å²) in [6.07, 6.45) is 0. The van der Waals surface area contributed by atoms with Gasteiger partial charge in [-0.15, -0.1) is 0 Å². The summed E-state index contributed by atoms with van der Waals surface area (Å²) >= 11 is 0. The van der Waals surface area contributed by atoms with Crippen LogP contribution in [0.15, 0.2) is 24.3 Å². The summed E-state index contributed by atoms with van der Waals surface area (Å²) in [7, 11) is 0.198. The van der Waals surface area contributed by atoms with E-state index in [-0.39, 0.29) is 31.2 Å². The molecular formula is C21H29N2O9P. The minimum Gasteiger partial charge on any atom is -0.503 e. The van der Waals surface area contributed by atoms with Gasteiger partial charge in [-0.1, -0.05) is 0 Å². The second kappa shape index (κ2) is 11.2. The van der Waals surface area contributed by atoms with Gasteiger partial charge in [0, 0.05) is 19.8 Å². The second-order valence-electron chi connectivity index (χ2n) is 6.70. The number of nitrogens with zero attached hydrogens (tertiary/aromatic N) is 2. The average Bonchev–Trinajstić information content (AvgIpc) is 3.05. The van der Waals surface area contributed by atoms with Gasteiger partial charge in [0.25, 0.3) is 5.91 Å². The largest absolute Gasteiger partial charge is 0.530 e. The van der Waals surface area contributed by atoms with E-state index in [9.17, 15) is 19.3 Å². The minimum atomic E-state index is -4.24. The molecule has 1 heterocycles. The van der Waals surface area contributed by atoms with E-state index in [0.29, 0.717) is 11.4 Å². The molecule has 2 aromatic rings. The van der Waals surface area contributed by atoms with Gasteiger partial charge >= 0.3 is 13.8 Å². The molecule has 0 bridgehead atoms. The van der Waals surface area contributed by atoms with E-state index in [2.05, 4.69) is 0 Å². The van der Waals surface area contributed by atoms with Crippen LogP contribution in [0, 0.1) is 0 Å². The number of carbonyl (C=O) groups excluding carboxylic acids is 2. The lowest BCUT2D eigenvalue weighted by molar-refractivity contribution is 0.0513. The molecule has 1 amide bonds. The number of phosphoric acid groups is 1. The minimum absolute atomic E-state index is 0.00162. The van der Waals surface area contributed by atoms with E-state index in [4.69, 9.17) is 23.0 Å². The fourth-order valence-electron chi connectivity index (χ4n) is 2.93. The SMILES string of the molecule is CCOC(=O)c1c(OP(=O)(OCC)OCC)c(O)c(C(=O)N(C)C)n1-c1ccc(OC)cc1. The van der Waals surface area contributed by atoms with Crippen LogP contribution in [-0.2, 0) is 18.3 Å². The number of amides is 1. The molecule has 0 saturated carbocycles. The van der Waals surface area contributed by atoms with Gasteiger partial charge in [0.15, 0.2) is 17.1 Å². The molecule has 1 aromatic heterocycles. The standard InChI is InChI=1S/C21H29N2O9P/c1-7-29-21(26)17-19(32-33(27,30-8-2)31-9-3)18(24)16(20(25)22(4)5)23(17)14-10-12-15(28-6)13-11-14/h10-13,24H,7-9H2,1-6H3. The Bertz CT molecular complexity index is 1020. The Morgan fingerprint density at radius 1 is 1.00 bits per heavy atom. The number of methoxy groups -OCH3 is 1. The molecule has 0 aliphatic carbocycles. The van der Waals surface area contributed by atoms with Crippen molar-refractivity contribution in [3.8, 4) is 22.9 Å². The number of aromatic nitrogens is 1. The van der Waals surface area contributed by atoms with Crippen molar-refractivity contribution < 1.29 is 42.3 Å². The van der Waals surface area contributed by atoms with Crippen LogP contribution < -0.4 is 9.26 Å². The number of esters is 1. The van der Waals surface area contributed by atoms with E-state index in [1.54, 1.807) is 45.0 Å². The number of hydrogen-bond acceptors (Lipinski definition) is 9. The third-order valence-electron chi connectivity index (χ3n) is 4.29. The highest BCUT2D eigenvalue weighted by molar-refractivity contribution is 7.48. The molecule has 0 aliphatic rings. The number of rotatable bonds is 11. The number of benzene rings is 1. The third kappa shape index (κ3) is 5.68. The first kappa shape index (κ1) is 26.2. The van der Waals surface area contributed by atoms with Crippen molar-refractivity contribution in [1.29, 1.82) is 0 Å². The zero-order chi connectivity index (χ0) is 24.8. The molecule has 0 fully saturated rings. The summed E-state index contributed by atoms with van der Waals surface area (Å²) in [5.41, 5.74) is -0.344. The van der Waals surface area contributed by atoms with E-state index < -0.39 is 31.2 Å². The van der Waals surface area contributed by atoms with Crippen molar-refractivity contribution in [3.05, 3.63) is 35.7 Å². The van der Waals surface area contributed by atoms with Gasteiger partial charge in [-0.3, -0.25) is 18.4 Å². The van der Waals surface area contributed by atoms with Gasteiger partial charge in [-0.2, -0.15) is 0 Å². The molecule has 33 heavy (non-hydrogen) atoms. The topological polar surface area (TPSA) is 126 Å². The van der Waals surface area contributed by atoms with Crippen LogP contribution >= 0.6 is 7.82 Å². The summed E-state index contributed by atoms with van der Waals surface area (Å²) in [6, 6.07) is 6.36. The Hall–Kier alpha value is -3.01. The predicted octanol–water partition coefficient (Wildman–Crippen LogP) is 3.63. The van der Waals surface area contributed by atoms with Crippen LogP contribution in [-0.4, -0.2) is 67.5 Å². The van der Waals surface area contributed by atoms with Crippen LogP contribution in [0.1, 0.15) is 41.7 Å². The molecular weight excluding hydrogens is 455 g/mol. The van der Waals surface area contributed by atoms with Crippen LogP contribution in [0.3, 0.4) is 0 Å². The average molecular weight is 484 g/mol. The smallest absolute Gasteiger partial charge is 0.503 e. The third-order valence-corrected chi connectivity index (χ3v) is 5.84. The molecule has 12 heteroatoms. The van der Waals surface area contributed by atoms with E-state index in [1.807, 2.05) is 0 Å². The lowest BCUT2D eigenvalue weighted by atomic mass is 10.2. The first-order valence-electron chi connectivity index (χ1n) is 10.2. The van der Waals surface area contributed by atoms with Gasteiger partial charge in [0.05, 0.1) is 26.9 Å². The molecule has 0 saturated heterocycles. The van der Waals surface area contributed by atoms with Gasteiger partial charge in [-0.05, 0) is 45.0 Å². The summed E-state index contributed by atoms with van der Waals surface area (Å²) in [5, 5.41) is 11.0. The Morgan fingerprint density at radius 2 is 1.58 bits per heavy atom. The van der Waals surface area contributed by atoms with Crippen LogP contribution in [0.25, 0.3) is 5.69 Å². The molecule has 11 nitrogen and oxygen atoms in total. The van der Waals surface area contributed by atoms with Crippen LogP contribution in [0.5, 0.6) is 17.2 Å². The maximum absolute atomic E-state index is 13.1. The first-order chi connectivity index (χ1) is 15.6. The van der Waals surface area contributed by atoms with E-state index in [1.165, 1.54) is 30.7 Å². The Morgan fingerprint density at radius 3 is 2.03 bits per heavy atom. The van der Waals surface area contributed by atoms with Crippen molar-refractivity contribution in [3.63, 3.8) is 0 Å². The summed E-state index contributed by atoms with van der Waals surface area (Å²) in [4.78, 5) is 27.2. The van der Waals surface area contributed by atoms with Gasteiger partial charge in [-0.25, -0.2) is 9.36 Å². The number of aromatic hydroxyl groups is 1. The zero-order valence-corrected chi connectivity index (χ0v) is 20.4. The maximum Gasteiger partial charge on any atom is 0.530 e. The Kier molecular flexibility index (Phi) is 8.92. The lowest BCUT2D eigenvalue weighted by Gasteiger charge is -2.18. The molecule has 0 aliphatic heterocycles. The molecule has 0 spiro atoms. The summed E-state index contributed by atoms with van der Waals surface area (Å²) < 4.78 is 40.3. The Labute approximate surface area is 192 Å². The number of phosphoric ester groups is 1. The zero-order valence-electron chi connectivity index (χ0n) is 19.5. The van der Waals surface area contributed by atoms with Crippen molar-refractivity contribution >= 4 is 19.7 Å². The maximum atomic E-state index is 13.1. The van der Waals surface area contributed by atoms with Crippen LogP contribution in [0.4, 0.5) is 0 Å². The predicted molar refractivity (Wildman–Crippen MR) is 119 cm³/mol. The number of hydrogen-bond donors (Lipinski definition) is 1. The van der Waals surface area contributed by atoms with Crippen molar-refractivity contribution in [2.24, 2.45) is 0 Å². The molecule has 1 aromatic carbocycles. The van der Waals surface area contributed by atoms with Gasteiger partial charge < -0.3 is 24.0 Å². The lowest BCUT2D eigenvalue weighted by Crippen LogP contribution is -2.25. The molecule has 0 atom stereocenters. The first-order valence-corrected chi connectivity index (χ1v) is 11.7. The van der Waals surface area contributed by atoms with Crippen molar-refractivity contribution in [2.45, 2.75) is 20.8 Å². The monoisotopic (exact) mass is 484 g/mol. The summed E-state index contributed by atoms with van der Waals surface area (Å²) in [6.45, 7) is 4.68. The molecule has 1 N–H and O–H groups in total. The fourth-order valence-corrected chi connectivity index (χ4v) is 4.13. The van der Waals surface area contributed by atoms with Crippen molar-refractivity contribution in [1.82, 2.24) is 9.47 Å². The van der Waals surface area contributed by atoms with E-state index in [0.717, 1.165) is 0 Å². The van der Waals surface area contributed by atoms with Gasteiger partial charge in [0.1, 0.15) is 5.75 Å². The van der Waals surface area contributed by atoms with Gasteiger partial charge in [0.2, 0.25) is 5.75 Å². The highest BCUT2D eigenvalue weighted by Crippen LogP contribution is 2.54. The fraction of sp³-hybridized carbons (Fsp3) is 0.429. The molecule has 182 valence electrons. The molecule has 0 unspecified atom stereocenters. The quantitative estimate of drug-likeness (QED) is 0.376. The highest BCUT2D eigenvalue weighted by Gasteiger charge is 2.39. The highest BCUT2D eigenvalue weighted by atomic mass is 31.2. The normalized spacial score (nSPS) is 11.2. The molecule has 0 radical (unpaired) electrons. The number of carbonyl (C=O) groups is 2. The summed E-state index contributed by atoms with van der Waals surface area (Å²) in [5.74, 6) is -2.31. The Balaban J connectivity index is 2.89. The second-order valence-corrected chi connectivity index (χ2v) is 8.30. The van der Waals surface area contributed by atoms with E-state index >= 15 is 0 Å².